The maximum Gasteiger partial charge on any atom is 0.307 e. The van der Waals surface area contributed by atoms with Crippen molar-refractivity contribution in [2.24, 2.45) is 35.1 Å². The van der Waals surface area contributed by atoms with Crippen molar-refractivity contribution in [3.8, 4) is 22.3 Å². The molecule has 16 amide bonds. The van der Waals surface area contributed by atoms with Gasteiger partial charge in [0.25, 0.3) is 5.91 Å². The van der Waals surface area contributed by atoms with Crippen LogP contribution in [0.25, 0.3) is 22.3 Å². The van der Waals surface area contributed by atoms with Crippen LogP contribution < -0.4 is 85.9 Å². The molecule has 1 aliphatic carbocycles. The average Bonchev–Trinajstić information content (AvgIpc) is 1.62. The van der Waals surface area contributed by atoms with Crippen molar-refractivity contribution in [1.29, 1.82) is 5.41 Å². The first-order valence-corrected chi connectivity index (χ1v) is 49.6. The number of primary amides is 1. The smallest absolute Gasteiger partial charge is 0.307 e. The minimum Gasteiger partial charge on any atom is -0.481 e. The van der Waals surface area contributed by atoms with E-state index in [9.17, 15) is 77.3 Å². The number of hydrogen-bond donors (Lipinski definition) is 21. The monoisotopic (exact) mass is 2020 g/mol. The summed E-state index contributed by atoms with van der Waals surface area (Å²) in [5.74, 6) is -20.2. The van der Waals surface area contributed by atoms with Crippen molar-refractivity contribution >= 4 is 130 Å². The quantitative estimate of drug-likeness (QED) is 0.0181. The van der Waals surface area contributed by atoms with Gasteiger partial charge >= 0.3 is 11.9 Å². The summed E-state index contributed by atoms with van der Waals surface area (Å²) in [5, 5.41) is 65.1. The van der Waals surface area contributed by atoms with Crippen LogP contribution in [0, 0.1) is 29.1 Å². The van der Waals surface area contributed by atoms with E-state index in [1.165, 1.54) is 49.1 Å². The largest absolute Gasteiger partial charge is 0.481 e. The van der Waals surface area contributed by atoms with Gasteiger partial charge < -0.3 is 116 Å². The van der Waals surface area contributed by atoms with Crippen LogP contribution in [0.2, 0.25) is 0 Å². The molecule has 145 heavy (non-hydrogen) atoms. The van der Waals surface area contributed by atoms with Crippen molar-refractivity contribution in [1.82, 2.24) is 98.9 Å². The number of carbonyl (C=O) groups is 18. The van der Waals surface area contributed by atoms with Gasteiger partial charge in [0, 0.05) is 86.6 Å². The minimum absolute atomic E-state index is 0.0103. The summed E-state index contributed by atoms with van der Waals surface area (Å²) in [7, 11) is 1.24. The summed E-state index contributed by atoms with van der Waals surface area (Å²) >= 11 is 0.848. The number of aromatic nitrogens is 4. The molecule has 7 aromatic rings. The fourth-order valence-electron chi connectivity index (χ4n) is 17.3. The zero-order chi connectivity index (χ0) is 105. The van der Waals surface area contributed by atoms with E-state index < -0.39 is 228 Å². The number of nitrogens with zero attached hydrogens (tertiary/aromatic N) is 4. The SMILES string of the molecule is CC(C)C[C@@H]1NC(=O)[C@H](Cc2cnc[nH]2)NC(=O)[C@H](C(C)C)NC(=O)[C@@H]2CCCN2C(=O)[C@H](C(C)C)NC(=O)[C@@H](CCCNC(=N)N)NC(=O)[C@H](CC(=O)O)NC(=O)[C@H](Cc2cnc[nH]2)NC(=O)CN(C)C(=O)[C@H](Cc2ccc(-c3ccc(NC(=O)c4ccc(CC(=O)O)cc4)cc3)cc2)NC(=O)[C@H](Cc2ccc(-c3ccccc3)cc2)NC(=O)[C@H](CC2CCCCC2)NC(=O)CSC[C@@H](C(=O)NCC(N)=O)NC1=O. The third-order valence-corrected chi connectivity index (χ3v) is 26.0. The number of nitrogens with one attached hydrogen (secondary N) is 17. The first kappa shape index (κ1) is 112. The summed E-state index contributed by atoms with van der Waals surface area (Å²) in [6.45, 7) is 8.32. The van der Waals surface area contributed by atoms with Crippen LogP contribution >= 0.6 is 11.8 Å². The number of anilines is 1. The first-order chi connectivity index (χ1) is 69.2. The highest BCUT2D eigenvalue weighted by Gasteiger charge is 2.44. The number of fused-ring (bicyclic) bond motifs is 1. The van der Waals surface area contributed by atoms with Gasteiger partial charge in [-0.25, -0.2) is 9.97 Å². The van der Waals surface area contributed by atoms with Crippen LogP contribution in [0.1, 0.15) is 157 Å². The van der Waals surface area contributed by atoms with E-state index in [0.29, 0.717) is 52.0 Å². The molecule has 5 aromatic carbocycles. The molecule has 23 N–H and O–H groups in total. The number of benzene rings is 5. The number of carboxylic acid groups (broad SMARTS) is 2. The maximum atomic E-state index is 15.8. The van der Waals surface area contributed by atoms with E-state index >= 15 is 19.2 Å². The van der Waals surface area contributed by atoms with E-state index in [1.54, 1.807) is 114 Å². The van der Waals surface area contributed by atoms with Gasteiger partial charge in [-0.3, -0.25) is 91.7 Å². The van der Waals surface area contributed by atoms with E-state index in [-0.39, 0.29) is 106 Å². The number of carboxylic acids is 2. The molecule has 0 spiro atoms. The molecule has 1 saturated carbocycles. The lowest BCUT2D eigenvalue weighted by Crippen LogP contribution is -2.62. The van der Waals surface area contributed by atoms with Gasteiger partial charge in [-0.05, 0) is 125 Å². The van der Waals surface area contributed by atoms with Gasteiger partial charge in [0.2, 0.25) is 88.6 Å². The molecule has 0 radical (unpaired) electrons. The zero-order valence-electron chi connectivity index (χ0n) is 82.0. The number of aromatic amines is 2. The molecule has 2 aliphatic heterocycles. The summed E-state index contributed by atoms with van der Waals surface area (Å²) in [6.07, 6.45) is 6.66. The number of amides is 16. The van der Waals surface area contributed by atoms with E-state index in [4.69, 9.17) is 16.9 Å². The molecule has 0 unspecified atom stereocenters. The standard InChI is InChI=1S/C101H131N23O20S/c1-56(2)40-72-91(135)120-79(89(133)108-50-81(102)125)52-145-53-83(127)113-73(41-59-16-10-8-11-17-59)92(136)116-74(42-60-22-28-64(29-23-60)63-18-12-9-13-19-63)93(137)119-78(43-61-24-30-65(31-25-61)66-34-36-68(37-35-66)111-88(132)67-32-26-62(27-33-67)44-84(128)129)99(143)123(7)51-82(126)112-75(45-69-48-105-54-109-69)94(138)117-77(47-85(130)131)96(140)114-71(20-14-38-107-101(103)104)90(134)122-87(58(5)6)100(144)124-39-15-21-80(124)97(141)121-86(57(3)4)98(142)118-76(95(139)115-72)46-70-49-106-55-110-70/h9,12-13,18-19,22-37,48-49,54-59,71-80,86-87H,8,10-11,14-17,20-21,38-47,50-53H2,1-7H3,(H2,102,125)(H,105,109)(H,106,110)(H,108,133)(H,111,132)(H,112,126)(H,113,127)(H,114,140)(H,115,139)(H,116,136)(H,117,138)(H,118,142)(H,119,137)(H,120,135)(H,121,141)(H,122,134)(H,128,129)(H,130,131)(H4,103,104,107)/t71-,72+,73+,74+,75+,76+,77+,78+,79+,80+,86+,87+/m1/s1. The molecular formula is C101H131N23O20S. The van der Waals surface area contributed by atoms with Crippen molar-refractivity contribution in [3.63, 3.8) is 0 Å². The van der Waals surface area contributed by atoms with Crippen molar-refractivity contribution in [2.45, 2.75) is 223 Å². The third kappa shape index (κ3) is 35.0. The molecule has 2 saturated heterocycles. The summed E-state index contributed by atoms with van der Waals surface area (Å²) in [6, 6.07) is 17.9. The lowest BCUT2D eigenvalue weighted by atomic mass is 9.84. The third-order valence-electron chi connectivity index (χ3n) is 25.0. The van der Waals surface area contributed by atoms with E-state index in [1.807, 2.05) is 42.5 Å². The first-order valence-electron chi connectivity index (χ1n) is 48.4. The Balaban J connectivity index is 1.02. The second-order valence-corrected chi connectivity index (χ2v) is 38.7. The molecule has 12 atom stereocenters. The molecular weight excluding hydrogens is 1890 g/mol. The van der Waals surface area contributed by atoms with Gasteiger partial charge in [0.15, 0.2) is 5.96 Å². The number of aliphatic carboxylic acids is 2. The molecule has 0 bridgehead atoms. The Hall–Kier alpha value is -15.4. The number of nitrogens with two attached hydrogens (primary N) is 2. The van der Waals surface area contributed by atoms with E-state index in [2.05, 4.69) is 94.4 Å². The highest BCUT2D eigenvalue weighted by molar-refractivity contribution is 8.00. The van der Waals surface area contributed by atoms with Crippen molar-refractivity contribution in [3.05, 3.63) is 186 Å². The number of H-pyrrole nitrogens is 2. The molecule has 43 nitrogen and oxygen atoms in total. The van der Waals surface area contributed by atoms with Gasteiger partial charge in [-0.2, -0.15) is 0 Å². The lowest BCUT2D eigenvalue weighted by molar-refractivity contribution is -0.144. The topological polar surface area (TPSA) is 656 Å². The number of likely N-dealkylation sites (N-methyl/N-ethyl adjacent to an activating group) is 1. The Morgan fingerprint density at radius 3 is 1.54 bits per heavy atom. The fraction of sp³-hybridized carbons (Fsp3) is 0.455. The predicted octanol–water partition coefficient (Wildman–Crippen LogP) is 1.81. The lowest BCUT2D eigenvalue weighted by Gasteiger charge is -2.33. The van der Waals surface area contributed by atoms with Gasteiger partial charge in [0.1, 0.15) is 72.5 Å². The second-order valence-electron chi connectivity index (χ2n) is 37.7. The summed E-state index contributed by atoms with van der Waals surface area (Å²) in [4.78, 5) is 276. The number of thioether (sulfide) groups is 1. The molecule has 3 fully saturated rings. The normalized spacial score (nSPS) is 22.1. The number of carbonyl (C=O) groups excluding carboxylic acids is 16. The highest BCUT2D eigenvalue weighted by Crippen LogP contribution is 2.30. The Bertz CT molecular complexity index is 5670. The number of guanidine groups is 1. The number of rotatable bonds is 29. The van der Waals surface area contributed by atoms with Crippen molar-refractivity contribution < 1.29 is 96.5 Å². The molecule has 4 heterocycles. The van der Waals surface area contributed by atoms with E-state index in [0.717, 1.165) is 47.1 Å². The van der Waals surface area contributed by atoms with Gasteiger partial charge in [-0.1, -0.05) is 177 Å². The average molecular weight is 2020 g/mol. The maximum absolute atomic E-state index is 15.8. The predicted molar refractivity (Wildman–Crippen MR) is 536 cm³/mol. The van der Waals surface area contributed by atoms with Crippen LogP contribution in [-0.4, -0.2) is 270 Å². The van der Waals surface area contributed by atoms with Crippen LogP contribution in [-0.2, 0) is 114 Å². The number of imidazole rings is 2. The van der Waals surface area contributed by atoms with Crippen LogP contribution in [0.4, 0.5) is 5.69 Å². The minimum atomic E-state index is -2.02. The summed E-state index contributed by atoms with van der Waals surface area (Å²) < 4.78 is 0. The Labute approximate surface area is 843 Å². The van der Waals surface area contributed by atoms with Crippen LogP contribution in [0.15, 0.2) is 152 Å². The molecule has 776 valence electrons. The highest BCUT2D eigenvalue weighted by atomic mass is 32.2. The Morgan fingerprint density at radius 2 is 0.986 bits per heavy atom. The van der Waals surface area contributed by atoms with Crippen molar-refractivity contribution in [2.75, 3.05) is 50.0 Å². The molecule has 2 aromatic heterocycles. The number of hydrogen-bond acceptors (Lipinski definition) is 22. The zero-order valence-corrected chi connectivity index (χ0v) is 82.8. The van der Waals surface area contributed by atoms with Gasteiger partial charge in [0.05, 0.1) is 44.3 Å². The Morgan fingerprint density at radius 1 is 0.490 bits per heavy atom. The van der Waals surface area contributed by atoms with Crippen LogP contribution in [0.5, 0.6) is 0 Å². The molecule has 44 heteroatoms. The molecule has 10 rings (SSSR count). The van der Waals surface area contributed by atoms with Gasteiger partial charge in [-0.15, -0.1) is 11.8 Å². The second kappa shape index (κ2) is 54.7. The fourth-order valence-corrected chi connectivity index (χ4v) is 18.2. The van der Waals surface area contributed by atoms with Crippen LogP contribution in [0.3, 0.4) is 0 Å². The molecule has 3 aliphatic rings. The summed E-state index contributed by atoms with van der Waals surface area (Å²) in [5.41, 5.74) is 16.9. The Kier molecular flexibility index (Phi) is 42.1.